The molecular weight excluding hydrogens is 447 g/mol. The second-order valence-corrected chi connectivity index (χ2v) is 9.76. The number of benzene rings is 2. The van der Waals surface area contributed by atoms with E-state index < -0.39 is 11.7 Å². The standard InChI is InChI=1S/C23H28F3N3.C4H10.C2H4/c1-15-8-9-29(13-15)14-19-6-5-18(10-21(19)23(24,25)26)17(3)12-28-20-7-4-16(2)22(27)11-20;1-4(2)3;1-2/h4-7,10-11,15,28H,3,8-9,12-14,27H2,1-2H3;4H,1-3H3;1-2H2. The Bertz CT molecular complexity index is 948. The SMILES string of the molecule is C=C.C=C(CNc1ccc(C)c(N)c1)c1ccc(CN2CCC(C)C2)c(C(F)(F)F)c1.CC(C)C. The molecule has 0 amide bonds. The quantitative estimate of drug-likeness (QED) is 0.319. The van der Waals surface area contributed by atoms with Crippen molar-refractivity contribution < 1.29 is 13.2 Å². The van der Waals surface area contributed by atoms with Gasteiger partial charge in [-0.25, -0.2) is 0 Å². The van der Waals surface area contributed by atoms with Crippen molar-refractivity contribution in [3.63, 3.8) is 0 Å². The van der Waals surface area contributed by atoms with Gasteiger partial charge in [0.15, 0.2) is 0 Å². The Morgan fingerprint density at radius 2 is 1.77 bits per heavy atom. The molecule has 2 aromatic rings. The summed E-state index contributed by atoms with van der Waals surface area (Å²) < 4.78 is 41.1. The molecular formula is C29H42F3N3. The number of hydrogen-bond acceptors (Lipinski definition) is 3. The maximum atomic E-state index is 13.7. The highest BCUT2D eigenvalue weighted by Gasteiger charge is 2.34. The lowest BCUT2D eigenvalue weighted by Gasteiger charge is -2.20. The second-order valence-electron chi connectivity index (χ2n) is 9.76. The average molecular weight is 490 g/mol. The summed E-state index contributed by atoms with van der Waals surface area (Å²) in [4.78, 5) is 2.09. The number of halogens is 3. The molecule has 1 aliphatic heterocycles. The minimum absolute atomic E-state index is 0.322. The number of nitrogens with one attached hydrogen (secondary N) is 1. The number of anilines is 2. The Morgan fingerprint density at radius 3 is 2.29 bits per heavy atom. The number of aryl methyl sites for hydroxylation is 1. The highest BCUT2D eigenvalue weighted by atomic mass is 19.4. The molecule has 35 heavy (non-hydrogen) atoms. The van der Waals surface area contributed by atoms with E-state index in [2.05, 4.69) is 57.6 Å². The number of hydrogen-bond donors (Lipinski definition) is 2. The molecule has 0 bridgehead atoms. The van der Waals surface area contributed by atoms with Gasteiger partial charge in [0, 0.05) is 31.0 Å². The second kappa shape index (κ2) is 14.0. The number of nitrogens with zero attached hydrogens (tertiary/aromatic N) is 1. The monoisotopic (exact) mass is 489 g/mol. The van der Waals surface area contributed by atoms with Crippen molar-refractivity contribution >= 4 is 16.9 Å². The summed E-state index contributed by atoms with van der Waals surface area (Å²) in [6, 6.07) is 10.1. The maximum Gasteiger partial charge on any atom is 0.416 e. The Morgan fingerprint density at radius 1 is 1.14 bits per heavy atom. The molecule has 2 aromatic carbocycles. The lowest BCUT2D eigenvalue weighted by molar-refractivity contribution is -0.138. The van der Waals surface area contributed by atoms with E-state index in [4.69, 9.17) is 5.73 Å². The van der Waals surface area contributed by atoms with E-state index in [9.17, 15) is 13.2 Å². The van der Waals surface area contributed by atoms with Crippen LogP contribution in [0.5, 0.6) is 0 Å². The maximum absolute atomic E-state index is 13.7. The topological polar surface area (TPSA) is 41.3 Å². The zero-order chi connectivity index (χ0) is 26.8. The highest BCUT2D eigenvalue weighted by molar-refractivity contribution is 5.69. The third kappa shape index (κ3) is 10.2. The van der Waals surface area contributed by atoms with E-state index in [1.165, 1.54) is 6.07 Å². The summed E-state index contributed by atoms with van der Waals surface area (Å²) in [6.07, 6.45) is -3.36. The molecule has 3 rings (SSSR count). The van der Waals surface area contributed by atoms with Gasteiger partial charge in [-0.05, 0) is 72.2 Å². The molecule has 1 aliphatic rings. The summed E-state index contributed by atoms with van der Waals surface area (Å²) in [6.45, 7) is 22.9. The van der Waals surface area contributed by atoms with Crippen LogP contribution in [-0.4, -0.2) is 24.5 Å². The van der Waals surface area contributed by atoms with Crippen molar-refractivity contribution in [2.45, 2.75) is 53.8 Å². The normalized spacial score (nSPS) is 15.6. The third-order valence-corrected chi connectivity index (χ3v) is 5.51. The first-order valence-electron chi connectivity index (χ1n) is 12.1. The zero-order valence-electron chi connectivity index (χ0n) is 21.9. The van der Waals surface area contributed by atoms with Crippen LogP contribution in [0.15, 0.2) is 56.1 Å². The van der Waals surface area contributed by atoms with Crippen LogP contribution in [0.2, 0.25) is 0 Å². The van der Waals surface area contributed by atoms with Gasteiger partial charge in [0.2, 0.25) is 0 Å². The number of rotatable bonds is 6. The molecule has 1 atom stereocenters. The van der Waals surface area contributed by atoms with E-state index in [1.807, 2.05) is 25.1 Å². The van der Waals surface area contributed by atoms with Crippen LogP contribution < -0.4 is 11.1 Å². The largest absolute Gasteiger partial charge is 0.416 e. The molecule has 194 valence electrons. The van der Waals surface area contributed by atoms with Crippen LogP contribution in [0.1, 0.15) is 56.4 Å². The molecule has 6 heteroatoms. The molecule has 0 aliphatic carbocycles. The minimum Gasteiger partial charge on any atom is -0.398 e. The van der Waals surface area contributed by atoms with Crippen LogP contribution in [-0.2, 0) is 12.7 Å². The van der Waals surface area contributed by atoms with Crippen molar-refractivity contribution in [3.05, 3.63) is 78.4 Å². The van der Waals surface area contributed by atoms with Crippen LogP contribution in [0.4, 0.5) is 24.5 Å². The van der Waals surface area contributed by atoms with Gasteiger partial charge >= 0.3 is 6.18 Å². The predicted molar refractivity (Wildman–Crippen MR) is 145 cm³/mol. The van der Waals surface area contributed by atoms with Gasteiger partial charge in [-0.3, -0.25) is 4.90 Å². The molecule has 1 fully saturated rings. The fraction of sp³-hybridized carbons (Fsp3) is 0.448. The Labute approximate surface area is 209 Å². The molecule has 1 saturated heterocycles. The molecule has 0 saturated carbocycles. The highest BCUT2D eigenvalue weighted by Crippen LogP contribution is 2.35. The number of nitrogens with two attached hydrogens (primary N) is 1. The van der Waals surface area contributed by atoms with Gasteiger partial charge < -0.3 is 11.1 Å². The van der Waals surface area contributed by atoms with Crippen LogP contribution in [0.25, 0.3) is 5.57 Å². The average Bonchev–Trinajstić information content (AvgIpc) is 3.19. The summed E-state index contributed by atoms with van der Waals surface area (Å²) >= 11 is 0. The first-order chi connectivity index (χ1) is 16.4. The number of alkyl halides is 3. The molecule has 1 unspecified atom stereocenters. The van der Waals surface area contributed by atoms with E-state index in [1.54, 1.807) is 12.1 Å². The molecule has 0 radical (unpaired) electrons. The lowest BCUT2D eigenvalue weighted by atomic mass is 9.99. The van der Waals surface area contributed by atoms with Gasteiger partial charge in [0.1, 0.15) is 0 Å². The van der Waals surface area contributed by atoms with E-state index >= 15 is 0 Å². The smallest absolute Gasteiger partial charge is 0.398 e. The first kappa shape index (κ1) is 30.3. The van der Waals surface area contributed by atoms with E-state index in [0.717, 1.165) is 36.7 Å². The summed E-state index contributed by atoms with van der Waals surface area (Å²) in [5.74, 6) is 1.37. The molecule has 1 heterocycles. The predicted octanol–water partition coefficient (Wildman–Crippen LogP) is 8.03. The first-order valence-corrected chi connectivity index (χ1v) is 12.1. The minimum atomic E-state index is -4.39. The van der Waals surface area contributed by atoms with Crippen molar-refractivity contribution in [1.29, 1.82) is 0 Å². The van der Waals surface area contributed by atoms with Gasteiger partial charge in [-0.2, -0.15) is 13.2 Å². The molecule has 3 N–H and O–H groups in total. The van der Waals surface area contributed by atoms with Gasteiger partial charge in [-0.1, -0.05) is 52.5 Å². The van der Waals surface area contributed by atoms with Gasteiger partial charge in [0.05, 0.1) is 5.56 Å². The Balaban J connectivity index is 0.000000926. The number of likely N-dealkylation sites (tertiary alicyclic amines) is 1. The fourth-order valence-corrected chi connectivity index (χ4v) is 3.67. The summed E-state index contributed by atoms with van der Waals surface area (Å²) in [7, 11) is 0. The van der Waals surface area contributed by atoms with E-state index in [0.29, 0.717) is 41.4 Å². The summed E-state index contributed by atoms with van der Waals surface area (Å²) in [5, 5.41) is 3.18. The Kier molecular flexibility index (Phi) is 12.1. The lowest BCUT2D eigenvalue weighted by Crippen LogP contribution is -2.22. The van der Waals surface area contributed by atoms with Crippen molar-refractivity contribution in [1.82, 2.24) is 4.90 Å². The van der Waals surface area contributed by atoms with Crippen LogP contribution in [0, 0.1) is 18.8 Å². The molecule has 3 nitrogen and oxygen atoms in total. The van der Waals surface area contributed by atoms with Gasteiger partial charge in [0.25, 0.3) is 0 Å². The van der Waals surface area contributed by atoms with Crippen molar-refractivity contribution in [2.75, 3.05) is 30.7 Å². The summed E-state index contributed by atoms with van der Waals surface area (Å²) in [5.41, 5.74) is 9.19. The molecule has 0 aromatic heterocycles. The third-order valence-electron chi connectivity index (χ3n) is 5.51. The Hall–Kier alpha value is -2.73. The van der Waals surface area contributed by atoms with Crippen LogP contribution in [0.3, 0.4) is 0 Å². The van der Waals surface area contributed by atoms with Crippen molar-refractivity contribution in [3.8, 4) is 0 Å². The fourth-order valence-electron chi connectivity index (χ4n) is 3.67. The number of nitrogen functional groups attached to an aromatic ring is 1. The van der Waals surface area contributed by atoms with Crippen molar-refractivity contribution in [2.24, 2.45) is 11.8 Å². The molecule has 0 spiro atoms. The van der Waals surface area contributed by atoms with Crippen LogP contribution >= 0.6 is 0 Å². The zero-order valence-corrected chi connectivity index (χ0v) is 21.9. The van der Waals surface area contributed by atoms with Gasteiger partial charge in [-0.15, -0.1) is 13.2 Å². The van der Waals surface area contributed by atoms with E-state index in [-0.39, 0.29) is 0 Å².